The second-order valence-electron chi connectivity index (χ2n) is 7.67. The lowest BCUT2D eigenvalue weighted by Crippen LogP contribution is -2.49. The number of carbonyl (C=O) groups excluding carboxylic acids is 2. The molecule has 3 aromatic rings. The van der Waals surface area contributed by atoms with Gasteiger partial charge in [-0.2, -0.15) is 0 Å². The van der Waals surface area contributed by atoms with Crippen molar-refractivity contribution < 1.29 is 19.1 Å². The van der Waals surface area contributed by atoms with Gasteiger partial charge in [-0.25, -0.2) is 9.78 Å². The minimum atomic E-state index is -0.362. The molecule has 1 saturated heterocycles. The summed E-state index contributed by atoms with van der Waals surface area (Å²) in [6.45, 7) is 3.03. The Morgan fingerprint density at radius 2 is 1.73 bits per heavy atom. The number of imidazole rings is 1. The van der Waals surface area contributed by atoms with Crippen LogP contribution in [0.4, 0.5) is 5.82 Å². The Morgan fingerprint density at radius 3 is 2.45 bits per heavy atom. The Morgan fingerprint density at radius 1 is 1.00 bits per heavy atom. The highest BCUT2D eigenvalue weighted by Crippen LogP contribution is 2.17. The minimum absolute atomic E-state index is 0.0563. The average Bonchev–Trinajstić information content (AvgIpc) is 3.21. The third kappa shape index (κ3) is 5.89. The Labute approximate surface area is 189 Å². The normalized spacial score (nSPS) is 14.3. The minimum Gasteiger partial charge on any atom is -0.497 e. The van der Waals surface area contributed by atoms with Gasteiger partial charge in [-0.05, 0) is 36.4 Å². The first-order valence-electron chi connectivity index (χ1n) is 10.7. The average molecular weight is 454 g/mol. The van der Waals surface area contributed by atoms with E-state index in [1.807, 2.05) is 24.3 Å². The summed E-state index contributed by atoms with van der Waals surface area (Å²) in [5.41, 5.74) is 0.559. The molecule has 0 spiro atoms. The van der Waals surface area contributed by atoms with Crippen LogP contribution in [0.5, 0.6) is 11.5 Å². The first-order chi connectivity index (χ1) is 16.0. The number of piperazine rings is 1. The van der Waals surface area contributed by atoms with Crippen molar-refractivity contribution in [3.8, 4) is 11.5 Å². The lowest BCUT2D eigenvalue weighted by Gasteiger charge is -2.34. The van der Waals surface area contributed by atoms with E-state index < -0.39 is 0 Å². The molecule has 33 heavy (non-hydrogen) atoms. The van der Waals surface area contributed by atoms with E-state index in [-0.39, 0.29) is 30.3 Å². The van der Waals surface area contributed by atoms with Gasteiger partial charge in [-0.3, -0.25) is 19.5 Å². The van der Waals surface area contributed by atoms with Crippen LogP contribution in [0.1, 0.15) is 12.8 Å². The predicted octanol–water partition coefficient (Wildman–Crippen LogP) is 1.16. The molecule has 1 aromatic carbocycles. The van der Waals surface area contributed by atoms with Gasteiger partial charge in [0.1, 0.15) is 24.0 Å². The van der Waals surface area contributed by atoms with Crippen molar-refractivity contribution >= 4 is 28.8 Å². The first kappa shape index (κ1) is 22.3. The number of aromatic nitrogens is 3. The quantitative estimate of drug-likeness (QED) is 0.465. The van der Waals surface area contributed by atoms with E-state index in [2.05, 4.69) is 25.2 Å². The molecule has 0 radical (unpaired) electrons. The number of ether oxygens (including phenoxy) is 2. The molecule has 1 fully saturated rings. The zero-order valence-electron chi connectivity index (χ0n) is 18.3. The third-order valence-corrected chi connectivity index (χ3v) is 5.41. The second-order valence-corrected chi connectivity index (χ2v) is 7.67. The summed E-state index contributed by atoms with van der Waals surface area (Å²) in [4.78, 5) is 49.2. The molecule has 174 valence electrons. The van der Waals surface area contributed by atoms with Crippen LogP contribution in [0.2, 0.25) is 0 Å². The second kappa shape index (κ2) is 10.2. The topological polar surface area (TPSA) is 133 Å². The van der Waals surface area contributed by atoms with Crippen molar-refractivity contribution in [1.29, 1.82) is 0 Å². The number of pyridine rings is 1. The fraction of sp³-hybridized carbons (Fsp3) is 0.364. The summed E-state index contributed by atoms with van der Waals surface area (Å²) in [6.07, 6.45) is 0.181. The summed E-state index contributed by atoms with van der Waals surface area (Å²) >= 11 is 0. The van der Waals surface area contributed by atoms with Gasteiger partial charge in [-0.1, -0.05) is 0 Å². The van der Waals surface area contributed by atoms with Gasteiger partial charge >= 0.3 is 5.69 Å². The van der Waals surface area contributed by atoms with Crippen LogP contribution >= 0.6 is 0 Å². The van der Waals surface area contributed by atoms with Crippen molar-refractivity contribution in [1.82, 2.24) is 24.8 Å². The van der Waals surface area contributed by atoms with E-state index in [0.29, 0.717) is 49.9 Å². The van der Waals surface area contributed by atoms with E-state index in [1.165, 1.54) is 0 Å². The molecule has 4 rings (SSSR count). The molecule has 1 aliphatic rings. The number of amides is 2. The zero-order valence-corrected chi connectivity index (χ0v) is 18.3. The van der Waals surface area contributed by atoms with Crippen molar-refractivity contribution in [2.24, 2.45) is 0 Å². The van der Waals surface area contributed by atoms with E-state index in [9.17, 15) is 14.4 Å². The maximum atomic E-state index is 12.5. The number of rotatable bonds is 8. The molecule has 3 heterocycles. The van der Waals surface area contributed by atoms with E-state index in [1.54, 1.807) is 24.1 Å². The summed E-state index contributed by atoms with van der Waals surface area (Å²) in [5.74, 6) is 1.49. The maximum absolute atomic E-state index is 12.5. The lowest BCUT2D eigenvalue weighted by molar-refractivity contribution is -0.134. The fourth-order valence-electron chi connectivity index (χ4n) is 3.53. The van der Waals surface area contributed by atoms with Gasteiger partial charge in [0.15, 0.2) is 5.65 Å². The molecule has 0 bridgehead atoms. The van der Waals surface area contributed by atoms with E-state index in [4.69, 9.17) is 9.47 Å². The highest BCUT2D eigenvalue weighted by molar-refractivity contribution is 5.93. The SMILES string of the molecule is COc1ccc(OCN2CCN(C(=O)CCC(=O)Nc3ccc4[nH]c(=O)[nH]c4n3)CC2)cc1. The van der Waals surface area contributed by atoms with Gasteiger partial charge in [0.05, 0.1) is 12.6 Å². The van der Waals surface area contributed by atoms with Crippen LogP contribution in [0.15, 0.2) is 41.2 Å². The summed E-state index contributed by atoms with van der Waals surface area (Å²) in [5, 5.41) is 2.66. The summed E-state index contributed by atoms with van der Waals surface area (Å²) in [7, 11) is 1.62. The summed E-state index contributed by atoms with van der Waals surface area (Å²) in [6, 6.07) is 10.6. The van der Waals surface area contributed by atoms with Crippen LogP contribution in [-0.2, 0) is 9.59 Å². The Balaban J connectivity index is 1.17. The molecule has 2 amide bonds. The Bertz CT molecular complexity index is 1160. The van der Waals surface area contributed by atoms with Crippen LogP contribution < -0.4 is 20.5 Å². The number of aromatic amines is 2. The van der Waals surface area contributed by atoms with E-state index >= 15 is 0 Å². The van der Waals surface area contributed by atoms with Gasteiger partial charge in [0.25, 0.3) is 0 Å². The number of methoxy groups -OCH3 is 1. The van der Waals surface area contributed by atoms with Crippen molar-refractivity contribution in [3.05, 3.63) is 46.9 Å². The number of H-pyrrole nitrogens is 2. The molecule has 0 aliphatic carbocycles. The predicted molar refractivity (Wildman–Crippen MR) is 121 cm³/mol. The van der Waals surface area contributed by atoms with Gasteiger partial charge in [0.2, 0.25) is 11.8 Å². The monoisotopic (exact) mass is 454 g/mol. The highest BCUT2D eigenvalue weighted by atomic mass is 16.5. The van der Waals surface area contributed by atoms with Gasteiger partial charge in [-0.15, -0.1) is 0 Å². The Kier molecular flexibility index (Phi) is 6.89. The third-order valence-electron chi connectivity index (χ3n) is 5.41. The molecule has 11 heteroatoms. The van der Waals surface area contributed by atoms with Crippen LogP contribution in [0, 0.1) is 0 Å². The number of fused-ring (bicyclic) bond motifs is 1. The standard InChI is InChI=1S/C22H26N6O5/c1-32-15-2-4-16(5-3-15)33-14-27-10-12-28(13-11-27)20(30)9-8-19(29)24-18-7-6-17-21(25-18)26-22(31)23-17/h2-7H,8-14H2,1H3,(H3,23,24,25,26,29,31). The smallest absolute Gasteiger partial charge is 0.325 e. The molecule has 0 unspecified atom stereocenters. The number of nitrogens with one attached hydrogen (secondary N) is 3. The largest absolute Gasteiger partial charge is 0.497 e. The van der Waals surface area contributed by atoms with E-state index in [0.717, 1.165) is 11.5 Å². The summed E-state index contributed by atoms with van der Waals surface area (Å²) < 4.78 is 10.9. The number of carbonyl (C=O) groups is 2. The molecule has 0 saturated carbocycles. The molecule has 2 aromatic heterocycles. The lowest BCUT2D eigenvalue weighted by atomic mass is 10.2. The van der Waals surface area contributed by atoms with Crippen molar-refractivity contribution in [3.63, 3.8) is 0 Å². The maximum Gasteiger partial charge on any atom is 0.325 e. The molecule has 1 aliphatic heterocycles. The van der Waals surface area contributed by atoms with Gasteiger partial charge in [0, 0.05) is 39.0 Å². The number of benzene rings is 1. The van der Waals surface area contributed by atoms with Crippen molar-refractivity contribution in [2.45, 2.75) is 12.8 Å². The highest BCUT2D eigenvalue weighted by Gasteiger charge is 2.22. The molecule has 3 N–H and O–H groups in total. The van der Waals surface area contributed by atoms with Crippen molar-refractivity contribution in [2.75, 3.05) is 45.3 Å². The Hall–Kier alpha value is -3.86. The number of nitrogens with zero attached hydrogens (tertiary/aromatic N) is 3. The number of anilines is 1. The molecule has 0 atom stereocenters. The molecule has 11 nitrogen and oxygen atoms in total. The van der Waals surface area contributed by atoms with Gasteiger partial charge < -0.3 is 24.7 Å². The zero-order chi connectivity index (χ0) is 23.2. The van der Waals surface area contributed by atoms with Crippen LogP contribution in [-0.4, -0.2) is 76.6 Å². The number of hydrogen-bond donors (Lipinski definition) is 3. The number of hydrogen-bond acceptors (Lipinski definition) is 7. The molecular weight excluding hydrogens is 428 g/mol. The van der Waals surface area contributed by atoms with Crippen LogP contribution in [0.3, 0.4) is 0 Å². The fourth-order valence-corrected chi connectivity index (χ4v) is 3.53. The molecular formula is C22H26N6O5. The first-order valence-corrected chi connectivity index (χ1v) is 10.7. The van der Waals surface area contributed by atoms with Crippen LogP contribution in [0.25, 0.3) is 11.2 Å².